The van der Waals surface area contributed by atoms with E-state index in [0.717, 1.165) is 0 Å². The van der Waals surface area contributed by atoms with E-state index in [1.165, 1.54) is 10.9 Å². The van der Waals surface area contributed by atoms with Gasteiger partial charge in [0.25, 0.3) is 5.56 Å². The summed E-state index contributed by atoms with van der Waals surface area (Å²) in [5, 5.41) is 29.8. The normalized spacial score (nSPS) is 30.3. The molecule has 0 spiro atoms. The number of rotatable bonds is 3. The fourth-order valence-electron chi connectivity index (χ4n) is 3.22. The highest BCUT2D eigenvalue weighted by atomic mass is 16.6. The molecule has 0 aromatic carbocycles. The summed E-state index contributed by atoms with van der Waals surface area (Å²) in [5.41, 5.74) is -0.0631. The van der Waals surface area contributed by atoms with Crippen LogP contribution in [0.3, 0.4) is 0 Å². The molecule has 0 bridgehead atoms. The van der Waals surface area contributed by atoms with E-state index in [-0.39, 0.29) is 11.2 Å². The lowest BCUT2D eigenvalue weighted by atomic mass is 10.1. The number of aromatic nitrogens is 4. The number of hydrogen-bond acceptors (Lipinski definition) is 9. The second-order valence-electron chi connectivity index (χ2n) is 6.01. The zero-order chi connectivity index (χ0) is 17.6. The number of aliphatic hydroxyl groups is 3. The van der Waals surface area contributed by atoms with Crippen LogP contribution in [0.2, 0.25) is 0 Å². The zero-order valence-electron chi connectivity index (χ0n) is 13.3. The van der Waals surface area contributed by atoms with Gasteiger partial charge in [-0.05, 0) is 0 Å². The predicted molar refractivity (Wildman–Crippen MR) is 84.2 cm³/mol. The van der Waals surface area contributed by atoms with E-state index >= 15 is 0 Å². The lowest BCUT2D eigenvalue weighted by molar-refractivity contribution is -0.0506. The van der Waals surface area contributed by atoms with Gasteiger partial charge < -0.3 is 34.7 Å². The molecule has 136 valence electrons. The van der Waals surface area contributed by atoms with Gasteiger partial charge in [0.05, 0.1) is 26.1 Å². The quantitative estimate of drug-likeness (QED) is 0.473. The first kappa shape index (κ1) is 16.4. The van der Waals surface area contributed by atoms with Crippen LogP contribution in [0.5, 0.6) is 0 Å². The van der Waals surface area contributed by atoms with Crippen molar-refractivity contribution in [1.29, 1.82) is 0 Å². The number of H-pyrrole nitrogens is 1. The van der Waals surface area contributed by atoms with Gasteiger partial charge in [0.15, 0.2) is 17.4 Å². The van der Waals surface area contributed by atoms with Gasteiger partial charge in [0.2, 0.25) is 5.95 Å². The molecule has 0 aliphatic carbocycles. The van der Waals surface area contributed by atoms with Gasteiger partial charge in [-0.3, -0.25) is 9.36 Å². The summed E-state index contributed by atoms with van der Waals surface area (Å²) in [4.78, 5) is 25.0. The van der Waals surface area contributed by atoms with Gasteiger partial charge >= 0.3 is 0 Å². The summed E-state index contributed by atoms with van der Waals surface area (Å²) in [6.07, 6.45) is -3.27. The van der Waals surface area contributed by atoms with Crippen LogP contribution in [0.4, 0.5) is 5.95 Å². The molecular weight excluding hydrogens is 334 g/mol. The van der Waals surface area contributed by atoms with E-state index in [9.17, 15) is 20.1 Å². The summed E-state index contributed by atoms with van der Waals surface area (Å²) < 4.78 is 12.5. The van der Waals surface area contributed by atoms with Crippen LogP contribution < -0.4 is 10.5 Å². The first-order chi connectivity index (χ1) is 12.1. The Morgan fingerprint density at radius 1 is 1.28 bits per heavy atom. The highest BCUT2D eigenvalue weighted by molar-refractivity contribution is 5.73. The number of nitrogens with one attached hydrogen (secondary N) is 1. The Balaban J connectivity index is 1.86. The van der Waals surface area contributed by atoms with Gasteiger partial charge in [0.1, 0.15) is 18.3 Å². The minimum Gasteiger partial charge on any atom is -0.394 e. The molecule has 4 rings (SSSR count). The number of anilines is 1. The van der Waals surface area contributed by atoms with Crippen LogP contribution in [-0.4, -0.2) is 86.1 Å². The van der Waals surface area contributed by atoms with Crippen molar-refractivity contribution in [3.05, 3.63) is 16.7 Å². The largest absolute Gasteiger partial charge is 0.394 e. The number of fused-ring (bicyclic) bond motifs is 1. The highest BCUT2D eigenvalue weighted by Gasteiger charge is 2.45. The molecule has 2 aliphatic rings. The molecule has 4 N–H and O–H groups in total. The molecule has 2 fully saturated rings. The van der Waals surface area contributed by atoms with E-state index in [0.29, 0.717) is 32.3 Å². The molecule has 0 radical (unpaired) electrons. The average molecular weight is 353 g/mol. The molecule has 2 aromatic rings. The monoisotopic (exact) mass is 353 g/mol. The van der Waals surface area contributed by atoms with E-state index in [4.69, 9.17) is 9.47 Å². The van der Waals surface area contributed by atoms with Crippen molar-refractivity contribution < 1.29 is 24.8 Å². The van der Waals surface area contributed by atoms with Crippen molar-refractivity contribution >= 4 is 17.1 Å². The van der Waals surface area contributed by atoms with E-state index in [2.05, 4.69) is 15.0 Å². The van der Waals surface area contributed by atoms with Crippen LogP contribution in [0.1, 0.15) is 6.23 Å². The van der Waals surface area contributed by atoms with Crippen LogP contribution in [0.15, 0.2) is 11.1 Å². The molecule has 4 heterocycles. The molecule has 2 unspecified atom stereocenters. The summed E-state index contributed by atoms with van der Waals surface area (Å²) in [6, 6.07) is 0. The lowest BCUT2D eigenvalue weighted by Gasteiger charge is -2.30. The summed E-state index contributed by atoms with van der Waals surface area (Å²) in [5.74, 6) is 0.400. The zero-order valence-corrected chi connectivity index (χ0v) is 13.3. The fourth-order valence-corrected chi connectivity index (χ4v) is 3.22. The van der Waals surface area contributed by atoms with Crippen LogP contribution >= 0.6 is 0 Å². The SMILES string of the molecule is O=c1[nH]cnc2c1nc(N1CCOCC1)n2[C@H]1O[C@@H](CO)C(O)C1O. The number of aliphatic hydroxyl groups excluding tert-OH is 3. The molecule has 2 aromatic heterocycles. The van der Waals surface area contributed by atoms with Crippen molar-refractivity contribution in [2.45, 2.75) is 24.5 Å². The molecule has 4 atom stereocenters. The van der Waals surface area contributed by atoms with Crippen LogP contribution in [0, 0.1) is 0 Å². The van der Waals surface area contributed by atoms with Crippen molar-refractivity contribution in [3.8, 4) is 0 Å². The van der Waals surface area contributed by atoms with Gasteiger partial charge in [0, 0.05) is 13.1 Å². The van der Waals surface area contributed by atoms with Gasteiger partial charge in [-0.15, -0.1) is 0 Å². The average Bonchev–Trinajstić information content (AvgIpc) is 3.15. The summed E-state index contributed by atoms with van der Waals surface area (Å²) in [7, 11) is 0. The molecule has 25 heavy (non-hydrogen) atoms. The second-order valence-corrected chi connectivity index (χ2v) is 6.01. The Bertz CT molecular complexity index is 816. The smallest absolute Gasteiger partial charge is 0.278 e. The molecule has 0 amide bonds. The molecule has 11 nitrogen and oxygen atoms in total. The number of imidazole rings is 1. The van der Waals surface area contributed by atoms with E-state index in [1.54, 1.807) is 0 Å². The maximum Gasteiger partial charge on any atom is 0.278 e. The van der Waals surface area contributed by atoms with Crippen LogP contribution in [-0.2, 0) is 9.47 Å². The minimum atomic E-state index is -1.30. The van der Waals surface area contributed by atoms with Crippen LogP contribution in [0.25, 0.3) is 11.2 Å². The van der Waals surface area contributed by atoms with E-state index in [1.807, 2.05) is 4.90 Å². The Morgan fingerprint density at radius 3 is 2.72 bits per heavy atom. The Kier molecular flexibility index (Phi) is 4.17. The standard InChI is InChI=1S/C14H19N5O6/c20-5-7-9(21)10(22)13(25-7)19-11-8(12(23)16-6-15-11)17-14(19)18-1-3-24-4-2-18/h6-7,9-10,13,20-22H,1-5H2,(H,15,16,23)/t7-,9?,10?,13-/m0/s1. The number of aromatic amines is 1. The Labute approximate surface area is 141 Å². The van der Waals surface area contributed by atoms with Gasteiger partial charge in [-0.2, -0.15) is 0 Å². The Hall–Kier alpha value is -2.05. The van der Waals surface area contributed by atoms with Gasteiger partial charge in [-0.25, -0.2) is 9.97 Å². The van der Waals surface area contributed by atoms with Crippen molar-refractivity contribution in [3.63, 3.8) is 0 Å². The molecular formula is C14H19N5O6. The first-order valence-corrected chi connectivity index (χ1v) is 8.02. The third-order valence-electron chi connectivity index (χ3n) is 4.53. The Morgan fingerprint density at radius 2 is 2.04 bits per heavy atom. The number of nitrogens with zero attached hydrogens (tertiary/aromatic N) is 4. The van der Waals surface area contributed by atoms with E-state index < -0.39 is 36.7 Å². The maximum absolute atomic E-state index is 12.1. The fraction of sp³-hybridized carbons (Fsp3) is 0.643. The highest BCUT2D eigenvalue weighted by Crippen LogP contribution is 2.34. The van der Waals surface area contributed by atoms with Crippen molar-refractivity contribution in [2.24, 2.45) is 0 Å². The predicted octanol–water partition coefficient (Wildman–Crippen LogP) is -2.43. The third kappa shape index (κ3) is 2.60. The molecule has 2 saturated heterocycles. The molecule has 11 heteroatoms. The van der Waals surface area contributed by atoms with Crippen molar-refractivity contribution in [1.82, 2.24) is 19.5 Å². The molecule has 0 saturated carbocycles. The number of ether oxygens (including phenoxy) is 2. The maximum atomic E-state index is 12.1. The second kappa shape index (κ2) is 6.35. The number of morpholine rings is 1. The minimum absolute atomic E-state index is 0.113. The summed E-state index contributed by atoms with van der Waals surface area (Å²) >= 11 is 0. The van der Waals surface area contributed by atoms with Gasteiger partial charge in [-0.1, -0.05) is 0 Å². The first-order valence-electron chi connectivity index (χ1n) is 8.02. The van der Waals surface area contributed by atoms with Crippen molar-refractivity contribution in [2.75, 3.05) is 37.8 Å². The summed E-state index contributed by atoms with van der Waals surface area (Å²) in [6.45, 7) is 1.67. The third-order valence-corrected chi connectivity index (χ3v) is 4.53. The number of hydrogen-bond donors (Lipinski definition) is 4. The topological polar surface area (TPSA) is 146 Å². The lowest BCUT2D eigenvalue weighted by Crippen LogP contribution is -2.39. The molecule has 2 aliphatic heterocycles.